The maximum atomic E-state index is 11.0. The Hall–Kier alpha value is -2.30. The average molecular weight is 231 g/mol. The third-order valence-corrected chi connectivity index (χ3v) is 2.56. The number of anilines is 1. The van der Waals surface area contributed by atoms with Crippen molar-refractivity contribution in [2.24, 2.45) is 0 Å². The maximum absolute atomic E-state index is 11.0. The Morgan fingerprint density at radius 1 is 1.41 bits per heavy atom. The zero-order valence-electron chi connectivity index (χ0n) is 9.42. The van der Waals surface area contributed by atoms with E-state index in [0.717, 1.165) is 5.56 Å². The van der Waals surface area contributed by atoms with Crippen LogP contribution >= 0.6 is 0 Å². The Kier molecular flexibility index (Phi) is 2.82. The zero-order chi connectivity index (χ0) is 12.4. The van der Waals surface area contributed by atoms with Gasteiger partial charge in [-0.3, -0.25) is 0 Å². The van der Waals surface area contributed by atoms with Crippen LogP contribution in [0.2, 0.25) is 0 Å². The second-order valence-corrected chi connectivity index (χ2v) is 3.58. The van der Waals surface area contributed by atoms with E-state index in [-0.39, 0.29) is 11.5 Å². The number of nitrogens with two attached hydrogens (primary N) is 1. The van der Waals surface area contributed by atoms with Crippen molar-refractivity contribution in [1.82, 2.24) is 9.55 Å². The van der Waals surface area contributed by atoms with Gasteiger partial charge in [0.05, 0.1) is 0 Å². The van der Waals surface area contributed by atoms with E-state index in [1.807, 2.05) is 37.3 Å². The van der Waals surface area contributed by atoms with E-state index in [0.29, 0.717) is 12.4 Å². The lowest BCUT2D eigenvalue weighted by Crippen LogP contribution is -2.06. The zero-order valence-corrected chi connectivity index (χ0v) is 9.42. The van der Waals surface area contributed by atoms with E-state index in [4.69, 9.17) is 10.8 Å². The van der Waals surface area contributed by atoms with Crippen molar-refractivity contribution in [1.29, 1.82) is 0 Å². The van der Waals surface area contributed by atoms with Gasteiger partial charge >= 0.3 is 5.97 Å². The SMILES string of the molecule is CCn1c(-c2ccccc2)nc(C(=O)O)c1N. The van der Waals surface area contributed by atoms with Crippen molar-refractivity contribution < 1.29 is 9.90 Å². The fourth-order valence-electron chi connectivity index (χ4n) is 1.75. The molecule has 0 aliphatic heterocycles. The molecule has 0 amide bonds. The standard InChI is InChI=1S/C12H13N3O2/c1-2-15-10(13)9(12(16)17)14-11(15)8-6-4-3-5-7-8/h3-7H,2,13H2,1H3,(H,16,17). The number of benzene rings is 1. The summed E-state index contributed by atoms with van der Waals surface area (Å²) in [6, 6.07) is 9.39. The number of aromatic carboxylic acids is 1. The van der Waals surface area contributed by atoms with E-state index < -0.39 is 5.97 Å². The van der Waals surface area contributed by atoms with E-state index in [2.05, 4.69) is 4.98 Å². The van der Waals surface area contributed by atoms with Crippen LogP contribution in [0, 0.1) is 0 Å². The first-order valence-corrected chi connectivity index (χ1v) is 5.29. The second-order valence-electron chi connectivity index (χ2n) is 3.58. The van der Waals surface area contributed by atoms with Crippen LogP contribution in [-0.2, 0) is 6.54 Å². The Morgan fingerprint density at radius 3 is 2.59 bits per heavy atom. The van der Waals surface area contributed by atoms with E-state index in [1.165, 1.54) is 0 Å². The number of imidazole rings is 1. The molecule has 0 atom stereocenters. The number of carbonyl (C=O) groups is 1. The number of nitrogen functional groups attached to an aromatic ring is 1. The fourth-order valence-corrected chi connectivity index (χ4v) is 1.75. The van der Waals surface area contributed by atoms with Gasteiger partial charge < -0.3 is 15.4 Å². The molecule has 5 heteroatoms. The molecule has 0 aliphatic carbocycles. The highest BCUT2D eigenvalue weighted by molar-refractivity contribution is 5.91. The van der Waals surface area contributed by atoms with Crippen LogP contribution in [0.15, 0.2) is 30.3 Å². The molecular weight excluding hydrogens is 218 g/mol. The molecule has 0 fully saturated rings. The molecule has 2 rings (SSSR count). The van der Waals surface area contributed by atoms with Gasteiger partial charge in [0.15, 0.2) is 5.69 Å². The molecule has 0 aliphatic rings. The molecule has 0 saturated carbocycles. The van der Waals surface area contributed by atoms with Gasteiger partial charge in [0.25, 0.3) is 0 Å². The molecule has 0 saturated heterocycles. The number of aromatic nitrogens is 2. The molecule has 0 radical (unpaired) electrons. The Morgan fingerprint density at radius 2 is 2.06 bits per heavy atom. The highest BCUT2D eigenvalue weighted by Crippen LogP contribution is 2.23. The molecule has 0 unspecified atom stereocenters. The monoisotopic (exact) mass is 231 g/mol. The summed E-state index contributed by atoms with van der Waals surface area (Å²) in [6.45, 7) is 2.48. The van der Waals surface area contributed by atoms with E-state index in [9.17, 15) is 4.79 Å². The van der Waals surface area contributed by atoms with Gasteiger partial charge in [-0.05, 0) is 6.92 Å². The van der Waals surface area contributed by atoms with Gasteiger partial charge in [0, 0.05) is 12.1 Å². The molecule has 1 heterocycles. The van der Waals surface area contributed by atoms with Crippen LogP contribution in [0.4, 0.5) is 5.82 Å². The van der Waals surface area contributed by atoms with E-state index >= 15 is 0 Å². The number of hydrogen-bond acceptors (Lipinski definition) is 3. The lowest BCUT2D eigenvalue weighted by atomic mass is 10.2. The highest BCUT2D eigenvalue weighted by atomic mass is 16.4. The summed E-state index contributed by atoms with van der Waals surface area (Å²) in [5.41, 5.74) is 6.54. The lowest BCUT2D eigenvalue weighted by molar-refractivity contribution is 0.0692. The first kappa shape index (κ1) is 11.2. The third kappa shape index (κ3) is 1.87. The third-order valence-electron chi connectivity index (χ3n) is 2.56. The van der Waals surface area contributed by atoms with Crippen molar-refractivity contribution >= 4 is 11.8 Å². The molecule has 2 aromatic rings. The minimum absolute atomic E-state index is 0.0919. The van der Waals surface area contributed by atoms with Crippen molar-refractivity contribution in [3.8, 4) is 11.4 Å². The molecule has 3 N–H and O–H groups in total. The van der Waals surface area contributed by atoms with Crippen molar-refractivity contribution in [2.75, 3.05) is 5.73 Å². The Balaban J connectivity index is 2.62. The van der Waals surface area contributed by atoms with Crippen LogP contribution in [0.5, 0.6) is 0 Å². The first-order valence-electron chi connectivity index (χ1n) is 5.29. The van der Waals surface area contributed by atoms with E-state index in [1.54, 1.807) is 4.57 Å². The Bertz CT molecular complexity index is 546. The number of nitrogens with zero attached hydrogens (tertiary/aromatic N) is 2. The summed E-state index contributed by atoms with van der Waals surface area (Å²) in [4.78, 5) is 15.1. The van der Waals surface area contributed by atoms with Crippen LogP contribution in [0.25, 0.3) is 11.4 Å². The highest BCUT2D eigenvalue weighted by Gasteiger charge is 2.19. The molecule has 88 valence electrons. The quantitative estimate of drug-likeness (QED) is 0.844. The normalized spacial score (nSPS) is 10.4. The van der Waals surface area contributed by atoms with Crippen LogP contribution < -0.4 is 5.73 Å². The molecular formula is C12H13N3O2. The molecule has 0 spiro atoms. The Labute approximate surface area is 98.5 Å². The summed E-state index contributed by atoms with van der Waals surface area (Å²) >= 11 is 0. The summed E-state index contributed by atoms with van der Waals surface area (Å²) in [5, 5.41) is 8.99. The maximum Gasteiger partial charge on any atom is 0.358 e. The second kappa shape index (κ2) is 4.29. The van der Waals surface area contributed by atoms with Crippen molar-refractivity contribution in [3.63, 3.8) is 0 Å². The summed E-state index contributed by atoms with van der Waals surface area (Å²) in [7, 11) is 0. The number of carboxylic acids is 1. The number of hydrogen-bond donors (Lipinski definition) is 2. The minimum Gasteiger partial charge on any atom is -0.476 e. The predicted molar refractivity (Wildman–Crippen MR) is 64.7 cm³/mol. The van der Waals surface area contributed by atoms with Gasteiger partial charge in [0.2, 0.25) is 0 Å². The fraction of sp³-hybridized carbons (Fsp3) is 0.167. The van der Waals surface area contributed by atoms with Gasteiger partial charge in [-0.15, -0.1) is 0 Å². The summed E-state index contributed by atoms with van der Waals surface area (Å²) in [5.74, 6) is -0.325. The smallest absolute Gasteiger partial charge is 0.358 e. The molecule has 1 aromatic heterocycles. The summed E-state index contributed by atoms with van der Waals surface area (Å²) in [6.07, 6.45) is 0. The predicted octanol–water partition coefficient (Wildman–Crippen LogP) is 1.85. The van der Waals surface area contributed by atoms with Crippen LogP contribution in [0.1, 0.15) is 17.4 Å². The largest absolute Gasteiger partial charge is 0.476 e. The molecule has 17 heavy (non-hydrogen) atoms. The van der Waals surface area contributed by atoms with Gasteiger partial charge in [0.1, 0.15) is 11.6 Å². The van der Waals surface area contributed by atoms with Gasteiger partial charge in [-0.2, -0.15) is 0 Å². The van der Waals surface area contributed by atoms with Crippen molar-refractivity contribution in [3.05, 3.63) is 36.0 Å². The average Bonchev–Trinajstić information content (AvgIpc) is 2.67. The molecule has 5 nitrogen and oxygen atoms in total. The van der Waals surface area contributed by atoms with Crippen LogP contribution in [-0.4, -0.2) is 20.6 Å². The molecule has 1 aromatic carbocycles. The number of rotatable bonds is 3. The summed E-state index contributed by atoms with van der Waals surface area (Å²) < 4.78 is 1.69. The van der Waals surface area contributed by atoms with Gasteiger partial charge in [-0.1, -0.05) is 30.3 Å². The number of carboxylic acid groups (broad SMARTS) is 1. The lowest BCUT2D eigenvalue weighted by Gasteiger charge is -2.05. The first-order chi connectivity index (χ1) is 8.15. The molecule has 0 bridgehead atoms. The van der Waals surface area contributed by atoms with Crippen molar-refractivity contribution in [2.45, 2.75) is 13.5 Å². The van der Waals surface area contributed by atoms with Gasteiger partial charge in [-0.25, -0.2) is 9.78 Å². The topological polar surface area (TPSA) is 81.1 Å². The minimum atomic E-state index is -1.10. The van der Waals surface area contributed by atoms with Crippen LogP contribution in [0.3, 0.4) is 0 Å².